The summed E-state index contributed by atoms with van der Waals surface area (Å²) >= 11 is 0. The van der Waals surface area contributed by atoms with E-state index >= 15 is 0 Å². The molecule has 0 unspecified atom stereocenters. The van der Waals surface area contributed by atoms with Gasteiger partial charge in [-0.25, -0.2) is 0 Å². The van der Waals surface area contributed by atoms with Gasteiger partial charge in [-0.05, 0) is 12.8 Å². The second-order valence-electron chi connectivity index (χ2n) is 3.14. The van der Waals surface area contributed by atoms with Crippen LogP contribution in [0.4, 0.5) is 0 Å². The molecular formula is C8H13O. The van der Waals surface area contributed by atoms with Gasteiger partial charge in [0.15, 0.2) is 0 Å². The molecule has 1 aliphatic carbocycles. The fraction of sp³-hybridized carbons (Fsp3) is 0.875. The van der Waals surface area contributed by atoms with Gasteiger partial charge in [-0.15, -0.1) is 0 Å². The Morgan fingerprint density at radius 1 is 1.11 bits per heavy atom. The summed E-state index contributed by atoms with van der Waals surface area (Å²) in [6.45, 7) is 0.903. The Bertz CT molecular complexity index is 97.1. The van der Waals surface area contributed by atoms with Crippen LogP contribution in [0.25, 0.3) is 0 Å². The molecule has 2 rings (SSSR count). The zero-order chi connectivity index (χ0) is 6.16. The van der Waals surface area contributed by atoms with Crippen LogP contribution in [0.2, 0.25) is 0 Å². The minimum Gasteiger partial charge on any atom is -0.374 e. The quantitative estimate of drug-likeness (QED) is 0.480. The molecule has 0 atom stereocenters. The first-order valence-corrected chi connectivity index (χ1v) is 3.90. The number of ether oxygens (including phenoxy) is 1. The summed E-state index contributed by atoms with van der Waals surface area (Å²) < 4.78 is 5.50. The summed E-state index contributed by atoms with van der Waals surface area (Å²) in [5.41, 5.74) is 0.276. The van der Waals surface area contributed by atoms with Crippen LogP contribution in [0.15, 0.2) is 0 Å². The zero-order valence-electron chi connectivity index (χ0n) is 5.73. The minimum absolute atomic E-state index is 0.276. The molecular weight excluding hydrogens is 112 g/mol. The number of hydrogen-bond donors (Lipinski definition) is 0. The van der Waals surface area contributed by atoms with Gasteiger partial charge < -0.3 is 4.74 Å². The van der Waals surface area contributed by atoms with Crippen LogP contribution in [0.1, 0.15) is 32.1 Å². The zero-order valence-corrected chi connectivity index (χ0v) is 5.73. The lowest BCUT2D eigenvalue weighted by Gasteiger charge is -2.44. The van der Waals surface area contributed by atoms with Gasteiger partial charge in [0.25, 0.3) is 0 Å². The smallest absolute Gasteiger partial charge is 0.0737 e. The van der Waals surface area contributed by atoms with Crippen LogP contribution in [0, 0.1) is 6.42 Å². The van der Waals surface area contributed by atoms with Gasteiger partial charge in [-0.2, -0.15) is 0 Å². The van der Waals surface area contributed by atoms with E-state index in [9.17, 15) is 0 Å². The van der Waals surface area contributed by atoms with E-state index in [0.29, 0.717) is 0 Å². The average molecular weight is 125 g/mol. The van der Waals surface area contributed by atoms with Crippen molar-refractivity contribution in [3.05, 3.63) is 6.42 Å². The van der Waals surface area contributed by atoms with E-state index in [1.165, 1.54) is 32.1 Å². The summed E-state index contributed by atoms with van der Waals surface area (Å²) in [4.78, 5) is 0. The topological polar surface area (TPSA) is 9.23 Å². The highest BCUT2D eigenvalue weighted by Crippen LogP contribution is 2.39. The molecule has 1 nitrogen and oxygen atoms in total. The van der Waals surface area contributed by atoms with Crippen molar-refractivity contribution in [2.45, 2.75) is 37.7 Å². The SMILES string of the molecule is [CH]1COC12CCCCC2. The van der Waals surface area contributed by atoms with Crippen molar-refractivity contribution < 1.29 is 4.74 Å². The van der Waals surface area contributed by atoms with E-state index in [-0.39, 0.29) is 5.60 Å². The second kappa shape index (κ2) is 1.98. The minimum atomic E-state index is 0.276. The summed E-state index contributed by atoms with van der Waals surface area (Å²) in [7, 11) is 0. The van der Waals surface area contributed by atoms with Crippen molar-refractivity contribution in [3.63, 3.8) is 0 Å². The van der Waals surface area contributed by atoms with Crippen LogP contribution in [-0.2, 0) is 4.74 Å². The molecule has 1 saturated heterocycles. The Kier molecular flexibility index (Phi) is 1.26. The Morgan fingerprint density at radius 2 is 1.78 bits per heavy atom. The summed E-state index contributed by atoms with van der Waals surface area (Å²) in [6, 6.07) is 0. The summed E-state index contributed by atoms with van der Waals surface area (Å²) in [6.07, 6.45) is 9.07. The van der Waals surface area contributed by atoms with Gasteiger partial charge in [0.2, 0.25) is 0 Å². The van der Waals surface area contributed by atoms with Crippen molar-refractivity contribution in [1.29, 1.82) is 0 Å². The Labute approximate surface area is 56.4 Å². The van der Waals surface area contributed by atoms with Crippen molar-refractivity contribution in [2.24, 2.45) is 0 Å². The largest absolute Gasteiger partial charge is 0.374 e. The molecule has 2 fully saturated rings. The third kappa shape index (κ3) is 0.877. The Balaban J connectivity index is 1.93. The normalized spacial score (nSPS) is 32.0. The van der Waals surface area contributed by atoms with E-state index in [2.05, 4.69) is 6.42 Å². The van der Waals surface area contributed by atoms with Gasteiger partial charge in [-0.1, -0.05) is 19.3 Å². The lowest BCUT2D eigenvalue weighted by Crippen LogP contribution is -2.45. The van der Waals surface area contributed by atoms with Crippen LogP contribution in [0.5, 0.6) is 0 Å². The average Bonchev–Trinajstić information content (AvgIpc) is 1.87. The molecule has 0 aromatic heterocycles. The monoisotopic (exact) mass is 125 g/mol. The molecule has 0 aromatic carbocycles. The van der Waals surface area contributed by atoms with Crippen molar-refractivity contribution in [3.8, 4) is 0 Å². The molecule has 51 valence electrons. The third-order valence-corrected chi connectivity index (χ3v) is 2.53. The Morgan fingerprint density at radius 3 is 2.11 bits per heavy atom. The first kappa shape index (κ1) is 5.72. The molecule has 2 aliphatic rings. The first-order chi connectivity index (χ1) is 4.41. The molecule has 1 saturated carbocycles. The van der Waals surface area contributed by atoms with E-state index in [0.717, 1.165) is 6.61 Å². The maximum atomic E-state index is 5.50. The molecule has 0 bridgehead atoms. The van der Waals surface area contributed by atoms with Gasteiger partial charge >= 0.3 is 0 Å². The van der Waals surface area contributed by atoms with Gasteiger partial charge in [0.1, 0.15) is 0 Å². The highest BCUT2D eigenvalue weighted by atomic mass is 16.5. The predicted octanol–water partition coefficient (Wildman–Crippen LogP) is 1.92. The first-order valence-electron chi connectivity index (χ1n) is 3.90. The highest BCUT2D eigenvalue weighted by molar-refractivity contribution is 5.03. The standard InChI is InChI=1S/C8H13O/c1-2-4-8(5-3-1)6-7-9-8/h6H,1-5,7H2. The van der Waals surface area contributed by atoms with E-state index < -0.39 is 0 Å². The molecule has 1 radical (unpaired) electrons. The van der Waals surface area contributed by atoms with Gasteiger partial charge in [0.05, 0.1) is 12.2 Å². The summed E-state index contributed by atoms with van der Waals surface area (Å²) in [5, 5.41) is 0. The fourth-order valence-electron chi connectivity index (χ4n) is 1.82. The third-order valence-electron chi connectivity index (χ3n) is 2.53. The molecule has 1 aliphatic heterocycles. The van der Waals surface area contributed by atoms with E-state index in [1.54, 1.807) is 0 Å². The molecule has 9 heavy (non-hydrogen) atoms. The fourth-order valence-corrected chi connectivity index (χ4v) is 1.82. The van der Waals surface area contributed by atoms with Crippen LogP contribution < -0.4 is 0 Å². The molecule has 0 aromatic rings. The maximum absolute atomic E-state index is 5.50. The van der Waals surface area contributed by atoms with Crippen molar-refractivity contribution in [2.75, 3.05) is 6.61 Å². The van der Waals surface area contributed by atoms with Gasteiger partial charge in [0, 0.05) is 6.42 Å². The molecule has 1 spiro atoms. The number of hydrogen-bond acceptors (Lipinski definition) is 1. The molecule has 0 N–H and O–H groups in total. The maximum Gasteiger partial charge on any atom is 0.0737 e. The predicted molar refractivity (Wildman–Crippen MR) is 36.1 cm³/mol. The Hall–Kier alpha value is -0.0400. The highest BCUT2D eigenvalue weighted by Gasteiger charge is 2.39. The van der Waals surface area contributed by atoms with E-state index in [1.807, 2.05) is 0 Å². The summed E-state index contributed by atoms with van der Waals surface area (Å²) in [5.74, 6) is 0. The molecule has 0 amide bonds. The second-order valence-corrected chi connectivity index (χ2v) is 3.14. The number of rotatable bonds is 0. The van der Waals surface area contributed by atoms with Crippen molar-refractivity contribution in [1.82, 2.24) is 0 Å². The lowest BCUT2D eigenvalue weighted by molar-refractivity contribution is -0.110. The van der Waals surface area contributed by atoms with Crippen LogP contribution in [-0.4, -0.2) is 12.2 Å². The molecule has 1 heterocycles. The van der Waals surface area contributed by atoms with Gasteiger partial charge in [-0.3, -0.25) is 0 Å². The van der Waals surface area contributed by atoms with Crippen molar-refractivity contribution >= 4 is 0 Å². The molecule has 1 heteroatoms. The van der Waals surface area contributed by atoms with E-state index in [4.69, 9.17) is 4.74 Å². The lowest BCUT2D eigenvalue weighted by atomic mass is 9.79. The van der Waals surface area contributed by atoms with Crippen LogP contribution >= 0.6 is 0 Å². The van der Waals surface area contributed by atoms with Crippen LogP contribution in [0.3, 0.4) is 0 Å².